The molecule has 0 aliphatic carbocycles. The van der Waals surface area contributed by atoms with Crippen molar-refractivity contribution in [1.82, 2.24) is 0 Å². The molecule has 4 heteroatoms. The van der Waals surface area contributed by atoms with Crippen LogP contribution >= 0.6 is 27.7 Å². The zero-order chi connectivity index (χ0) is 11.0. The largest absolute Gasteiger partial charge is 0.356 e. The van der Waals surface area contributed by atoms with Crippen LogP contribution in [-0.4, -0.2) is 18.8 Å². The fourth-order valence-electron chi connectivity index (χ4n) is 1.72. The first-order chi connectivity index (χ1) is 7.13. The minimum absolute atomic E-state index is 0.0264. The number of nitriles is 1. The van der Waals surface area contributed by atoms with Crippen molar-refractivity contribution in [3.8, 4) is 6.07 Å². The minimum Gasteiger partial charge on any atom is -0.356 e. The highest BCUT2D eigenvalue weighted by Gasteiger charge is 2.25. The summed E-state index contributed by atoms with van der Waals surface area (Å²) in [7, 11) is 1.98. The summed E-state index contributed by atoms with van der Waals surface area (Å²) >= 11 is 5.32. The molecule has 0 amide bonds. The molecule has 0 radical (unpaired) electrons. The van der Waals surface area contributed by atoms with Crippen LogP contribution in [0.4, 0.5) is 5.69 Å². The monoisotopic (exact) mass is 282 g/mol. The third-order valence-electron chi connectivity index (χ3n) is 2.54. The van der Waals surface area contributed by atoms with Gasteiger partial charge in [0, 0.05) is 22.2 Å². The molecule has 1 unspecified atom stereocenters. The van der Waals surface area contributed by atoms with Crippen molar-refractivity contribution in [2.75, 3.05) is 17.7 Å². The van der Waals surface area contributed by atoms with Gasteiger partial charge in [-0.1, -0.05) is 0 Å². The van der Waals surface area contributed by atoms with Crippen LogP contribution in [0.5, 0.6) is 0 Å². The van der Waals surface area contributed by atoms with Gasteiger partial charge in [0.1, 0.15) is 6.04 Å². The van der Waals surface area contributed by atoms with Crippen LogP contribution in [0.2, 0.25) is 0 Å². The number of fused-ring (bicyclic) bond motifs is 1. The van der Waals surface area contributed by atoms with Gasteiger partial charge in [0.05, 0.1) is 11.8 Å². The van der Waals surface area contributed by atoms with Gasteiger partial charge in [-0.15, -0.1) is 11.8 Å². The van der Waals surface area contributed by atoms with E-state index < -0.39 is 0 Å². The number of anilines is 1. The Balaban J connectivity index is 2.52. The molecule has 0 saturated heterocycles. The van der Waals surface area contributed by atoms with Crippen LogP contribution in [0.1, 0.15) is 5.56 Å². The predicted octanol–water partition coefficient (Wildman–Crippen LogP) is 3.19. The highest BCUT2D eigenvalue weighted by atomic mass is 79.9. The molecule has 2 rings (SSSR count). The number of nitrogens with zero attached hydrogens (tertiary/aromatic N) is 2. The Labute approximate surface area is 102 Å². The van der Waals surface area contributed by atoms with E-state index >= 15 is 0 Å². The fourth-order valence-corrected chi connectivity index (χ4v) is 4.00. The summed E-state index contributed by atoms with van der Waals surface area (Å²) in [6, 6.07) is 6.56. The molecule has 0 N–H and O–H groups in total. The first kappa shape index (κ1) is 10.8. The smallest absolute Gasteiger partial charge is 0.126 e. The van der Waals surface area contributed by atoms with Gasteiger partial charge in [-0.2, -0.15) is 5.26 Å². The van der Waals surface area contributed by atoms with E-state index in [4.69, 9.17) is 5.26 Å². The standard InChI is InChI=1S/C11H11BrN2S/c1-7-3-9(12)11-10(4-7)15-6-8(5-13)14(11)2/h3-4,8H,6H2,1-2H3. The molecule has 0 spiro atoms. The van der Waals surface area contributed by atoms with Crippen LogP contribution in [0, 0.1) is 18.3 Å². The minimum atomic E-state index is -0.0264. The molecule has 0 saturated carbocycles. The van der Waals surface area contributed by atoms with Gasteiger partial charge in [-0.25, -0.2) is 0 Å². The number of hydrogen-bond acceptors (Lipinski definition) is 3. The zero-order valence-corrected chi connectivity index (χ0v) is 11.0. The summed E-state index contributed by atoms with van der Waals surface area (Å²) in [5, 5.41) is 9.01. The Hall–Kier alpha value is -0.660. The maximum absolute atomic E-state index is 9.01. The van der Waals surface area contributed by atoms with Gasteiger partial charge in [-0.05, 0) is 40.5 Å². The summed E-state index contributed by atoms with van der Waals surface area (Å²) in [4.78, 5) is 3.31. The highest BCUT2D eigenvalue weighted by molar-refractivity contribution is 9.10. The van der Waals surface area contributed by atoms with Gasteiger partial charge < -0.3 is 4.90 Å². The molecule has 1 aliphatic heterocycles. The van der Waals surface area contributed by atoms with E-state index in [-0.39, 0.29) is 6.04 Å². The predicted molar refractivity (Wildman–Crippen MR) is 67.4 cm³/mol. The molecule has 1 aromatic carbocycles. The molecule has 2 nitrogen and oxygen atoms in total. The summed E-state index contributed by atoms with van der Waals surface area (Å²) < 4.78 is 1.08. The van der Waals surface area contributed by atoms with E-state index in [0.29, 0.717) is 0 Å². The molecular formula is C11H11BrN2S. The lowest BCUT2D eigenvalue weighted by Gasteiger charge is -2.32. The lowest BCUT2D eigenvalue weighted by molar-refractivity contribution is 0.820. The molecule has 1 aromatic rings. The Morgan fingerprint density at radius 3 is 3.00 bits per heavy atom. The second-order valence-corrected chi connectivity index (χ2v) is 5.58. The van der Waals surface area contributed by atoms with Crippen molar-refractivity contribution in [1.29, 1.82) is 5.26 Å². The summed E-state index contributed by atoms with van der Waals surface area (Å²) in [5.74, 6) is 0.843. The van der Waals surface area contributed by atoms with Crippen molar-refractivity contribution >= 4 is 33.4 Å². The maximum Gasteiger partial charge on any atom is 0.126 e. The number of hydrogen-bond donors (Lipinski definition) is 0. The van der Waals surface area contributed by atoms with Gasteiger partial charge >= 0.3 is 0 Å². The molecular weight excluding hydrogens is 272 g/mol. The summed E-state index contributed by atoms with van der Waals surface area (Å²) in [6.45, 7) is 2.09. The molecule has 0 aromatic heterocycles. The number of aryl methyl sites for hydroxylation is 1. The fraction of sp³-hybridized carbons (Fsp3) is 0.364. The Bertz CT molecular complexity index is 439. The third-order valence-corrected chi connectivity index (χ3v) is 4.25. The average Bonchev–Trinajstić information content (AvgIpc) is 2.17. The summed E-state index contributed by atoms with van der Waals surface area (Å²) in [6.07, 6.45) is 0. The molecule has 15 heavy (non-hydrogen) atoms. The van der Waals surface area contributed by atoms with E-state index in [1.807, 2.05) is 7.05 Å². The van der Waals surface area contributed by atoms with Gasteiger partial charge in [0.25, 0.3) is 0 Å². The third kappa shape index (κ3) is 1.86. The second kappa shape index (κ2) is 4.07. The Morgan fingerprint density at radius 1 is 1.60 bits per heavy atom. The first-order valence-corrected chi connectivity index (χ1v) is 6.46. The zero-order valence-electron chi connectivity index (χ0n) is 8.62. The highest BCUT2D eigenvalue weighted by Crippen LogP contribution is 2.42. The molecule has 1 aliphatic rings. The number of benzene rings is 1. The summed E-state index contributed by atoms with van der Waals surface area (Å²) in [5.41, 5.74) is 2.39. The second-order valence-electron chi connectivity index (χ2n) is 3.66. The van der Waals surface area contributed by atoms with E-state index in [1.165, 1.54) is 10.5 Å². The van der Waals surface area contributed by atoms with Gasteiger partial charge in [-0.3, -0.25) is 0 Å². The number of thioether (sulfide) groups is 1. The van der Waals surface area contributed by atoms with Crippen LogP contribution in [0.3, 0.4) is 0 Å². The van der Waals surface area contributed by atoms with E-state index in [1.54, 1.807) is 11.8 Å². The Morgan fingerprint density at radius 2 is 2.33 bits per heavy atom. The molecule has 0 bridgehead atoms. The molecule has 1 atom stereocenters. The number of halogens is 1. The van der Waals surface area contributed by atoms with Crippen LogP contribution in [0.15, 0.2) is 21.5 Å². The van der Waals surface area contributed by atoms with Crippen molar-refractivity contribution in [3.05, 3.63) is 22.2 Å². The lowest BCUT2D eigenvalue weighted by Crippen LogP contribution is -2.35. The number of rotatable bonds is 0. The first-order valence-electron chi connectivity index (χ1n) is 4.69. The van der Waals surface area contributed by atoms with Crippen molar-refractivity contribution in [3.63, 3.8) is 0 Å². The van der Waals surface area contributed by atoms with Crippen molar-refractivity contribution in [2.24, 2.45) is 0 Å². The van der Waals surface area contributed by atoms with Gasteiger partial charge in [0.15, 0.2) is 0 Å². The lowest BCUT2D eigenvalue weighted by atomic mass is 10.2. The van der Waals surface area contributed by atoms with Crippen LogP contribution < -0.4 is 4.90 Å². The normalized spacial score (nSPS) is 19.6. The quantitative estimate of drug-likeness (QED) is 0.731. The van der Waals surface area contributed by atoms with E-state index in [9.17, 15) is 0 Å². The van der Waals surface area contributed by atoms with Crippen LogP contribution in [-0.2, 0) is 0 Å². The van der Waals surface area contributed by atoms with Crippen LogP contribution in [0.25, 0.3) is 0 Å². The van der Waals surface area contributed by atoms with Crippen molar-refractivity contribution in [2.45, 2.75) is 17.9 Å². The maximum atomic E-state index is 9.01. The molecule has 78 valence electrons. The van der Waals surface area contributed by atoms with Gasteiger partial charge in [0.2, 0.25) is 0 Å². The molecule has 0 fully saturated rings. The Kier molecular flexibility index (Phi) is 2.94. The van der Waals surface area contributed by atoms with E-state index in [2.05, 4.69) is 46.0 Å². The average molecular weight is 283 g/mol. The topological polar surface area (TPSA) is 27.0 Å². The van der Waals surface area contributed by atoms with E-state index in [0.717, 1.165) is 15.9 Å². The SMILES string of the molecule is Cc1cc(Br)c2c(c1)SCC(C#N)N2C. The molecule has 1 heterocycles. The van der Waals surface area contributed by atoms with Crippen molar-refractivity contribution < 1.29 is 0 Å².